The Morgan fingerprint density at radius 2 is 1.81 bits per heavy atom. The highest BCUT2D eigenvalue weighted by Gasteiger charge is 2.37. The van der Waals surface area contributed by atoms with Gasteiger partial charge in [-0.25, -0.2) is 4.98 Å². The van der Waals surface area contributed by atoms with E-state index in [0.717, 1.165) is 22.9 Å². The van der Waals surface area contributed by atoms with Crippen LogP contribution in [0.15, 0.2) is 52.4 Å². The van der Waals surface area contributed by atoms with Crippen LogP contribution in [0.3, 0.4) is 0 Å². The Kier molecular flexibility index (Phi) is 6.65. The SMILES string of the molecule is CCOC(=O)C(C)(C)C(=O)CSc1nc2ccccc2c(=O)n1-c1ccc(C)c(C)c1. The van der Waals surface area contributed by atoms with Crippen LogP contribution in [0.4, 0.5) is 0 Å². The van der Waals surface area contributed by atoms with Crippen LogP contribution in [-0.2, 0) is 14.3 Å². The molecule has 2 aromatic carbocycles. The minimum atomic E-state index is -1.27. The summed E-state index contributed by atoms with van der Waals surface area (Å²) in [5.74, 6) is -0.856. The second-order valence-corrected chi connectivity index (χ2v) is 8.82. The van der Waals surface area contributed by atoms with E-state index in [1.807, 2.05) is 38.1 Å². The number of rotatable bonds is 7. The second-order valence-electron chi connectivity index (χ2n) is 7.88. The number of hydrogen-bond acceptors (Lipinski definition) is 6. The fraction of sp³-hybridized carbons (Fsp3) is 0.333. The van der Waals surface area contributed by atoms with Gasteiger partial charge in [0.1, 0.15) is 5.41 Å². The van der Waals surface area contributed by atoms with Crippen molar-refractivity contribution >= 4 is 34.4 Å². The molecule has 0 bridgehead atoms. The zero-order valence-electron chi connectivity index (χ0n) is 18.4. The van der Waals surface area contributed by atoms with Gasteiger partial charge >= 0.3 is 5.97 Å². The molecule has 0 unspecified atom stereocenters. The predicted molar refractivity (Wildman–Crippen MR) is 123 cm³/mol. The van der Waals surface area contributed by atoms with Crippen molar-refractivity contribution in [3.8, 4) is 5.69 Å². The van der Waals surface area contributed by atoms with Crippen LogP contribution < -0.4 is 5.56 Å². The Morgan fingerprint density at radius 3 is 2.48 bits per heavy atom. The summed E-state index contributed by atoms with van der Waals surface area (Å²) in [6.45, 7) is 9.01. The molecule has 0 saturated heterocycles. The number of carbonyl (C=O) groups excluding carboxylic acids is 2. The molecule has 31 heavy (non-hydrogen) atoms. The third-order valence-electron chi connectivity index (χ3n) is 5.31. The summed E-state index contributed by atoms with van der Waals surface area (Å²) in [5.41, 5.74) is 1.94. The number of fused-ring (bicyclic) bond motifs is 1. The molecular weight excluding hydrogens is 412 g/mol. The van der Waals surface area contributed by atoms with Gasteiger partial charge in [-0.15, -0.1) is 0 Å². The lowest BCUT2D eigenvalue weighted by Gasteiger charge is -2.21. The first-order chi connectivity index (χ1) is 14.7. The molecule has 0 saturated carbocycles. The van der Waals surface area contributed by atoms with Gasteiger partial charge in [0.25, 0.3) is 5.56 Å². The number of aromatic nitrogens is 2. The topological polar surface area (TPSA) is 78.3 Å². The van der Waals surface area contributed by atoms with E-state index in [1.54, 1.807) is 39.0 Å². The summed E-state index contributed by atoms with van der Waals surface area (Å²) < 4.78 is 6.57. The van der Waals surface area contributed by atoms with Crippen LogP contribution in [0.2, 0.25) is 0 Å². The quantitative estimate of drug-likeness (QED) is 0.237. The van der Waals surface area contributed by atoms with Gasteiger partial charge in [-0.3, -0.25) is 19.0 Å². The maximum Gasteiger partial charge on any atom is 0.319 e. The van der Waals surface area contributed by atoms with Crippen molar-refractivity contribution in [2.45, 2.75) is 39.8 Å². The Labute approximate surface area is 185 Å². The lowest BCUT2D eigenvalue weighted by Crippen LogP contribution is -2.36. The minimum absolute atomic E-state index is 0.0125. The van der Waals surface area contributed by atoms with E-state index in [1.165, 1.54) is 4.57 Å². The molecule has 7 heteroatoms. The number of nitrogens with zero attached hydrogens (tertiary/aromatic N) is 2. The van der Waals surface area contributed by atoms with Gasteiger partial charge in [0.05, 0.1) is 29.0 Å². The summed E-state index contributed by atoms with van der Waals surface area (Å²) in [6.07, 6.45) is 0. The zero-order valence-corrected chi connectivity index (χ0v) is 19.2. The Hall–Kier alpha value is -2.93. The van der Waals surface area contributed by atoms with Crippen molar-refractivity contribution in [2.75, 3.05) is 12.4 Å². The summed E-state index contributed by atoms with van der Waals surface area (Å²) >= 11 is 1.15. The van der Waals surface area contributed by atoms with Gasteiger partial charge in [0.2, 0.25) is 0 Å². The molecule has 0 N–H and O–H groups in total. The summed E-state index contributed by atoms with van der Waals surface area (Å²) in [6, 6.07) is 12.9. The molecule has 1 heterocycles. The largest absolute Gasteiger partial charge is 0.465 e. The minimum Gasteiger partial charge on any atom is -0.465 e. The van der Waals surface area contributed by atoms with Crippen molar-refractivity contribution in [1.82, 2.24) is 9.55 Å². The van der Waals surface area contributed by atoms with Crippen molar-refractivity contribution in [1.29, 1.82) is 0 Å². The highest BCUT2D eigenvalue weighted by atomic mass is 32.2. The Balaban J connectivity index is 2.05. The van der Waals surface area contributed by atoms with Crippen LogP contribution in [-0.4, -0.2) is 33.7 Å². The summed E-state index contributed by atoms with van der Waals surface area (Å²) in [4.78, 5) is 43.0. The number of Topliss-reactive ketones (excluding diaryl/α,β-unsaturated/α-hetero) is 1. The van der Waals surface area contributed by atoms with Crippen molar-refractivity contribution < 1.29 is 14.3 Å². The second kappa shape index (κ2) is 9.06. The number of para-hydroxylation sites is 1. The zero-order chi connectivity index (χ0) is 22.8. The number of ketones is 1. The lowest BCUT2D eigenvalue weighted by atomic mass is 9.89. The van der Waals surface area contributed by atoms with Crippen LogP contribution in [0, 0.1) is 19.3 Å². The van der Waals surface area contributed by atoms with Crippen LogP contribution >= 0.6 is 11.8 Å². The van der Waals surface area contributed by atoms with Gasteiger partial charge < -0.3 is 4.74 Å². The Morgan fingerprint density at radius 1 is 1.10 bits per heavy atom. The highest BCUT2D eigenvalue weighted by Crippen LogP contribution is 2.27. The molecule has 162 valence electrons. The number of aryl methyl sites for hydroxylation is 2. The molecule has 0 aliphatic heterocycles. The van der Waals surface area contributed by atoms with E-state index in [-0.39, 0.29) is 23.7 Å². The molecular formula is C24H26N2O4S. The average molecular weight is 439 g/mol. The number of carbonyl (C=O) groups is 2. The first kappa shape index (κ1) is 22.7. The standard InChI is InChI=1S/C24H26N2O4S/c1-6-30-22(29)24(4,5)20(27)14-31-23-25-19-10-8-7-9-18(19)21(28)26(23)17-12-11-15(2)16(3)13-17/h7-13H,6,14H2,1-5H3. The third kappa shape index (κ3) is 4.56. The monoisotopic (exact) mass is 438 g/mol. The van der Waals surface area contributed by atoms with Gasteiger partial charge in [-0.2, -0.15) is 0 Å². The number of thioether (sulfide) groups is 1. The number of benzene rings is 2. The van der Waals surface area contributed by atoms with Crippen LogP contribution in [0.25, 0.3) is 16.6 Å². The first-order valence-corrected chi connectivity index (χ1v) is 11.1. The molecule has 1 aromatic heterocycles. The highest BCUT2D eigenvalue weighted by molar-refractivity contribution is 7.99. The third-order valence-corrected chi connectivity index (χ3v) is 6.25. The van der Waals surface area contributed by atoms with Gasteiger partial charge in [0, 0.05) is 0 Å². The Bertz CT molecular complexity index is 1210. The van der Waals surface area contributed by atoms with E-state index in [0.29, 0.717) is 21.7 Å². The number of ether oxygens (including phenoxy) is 1. The molecule has 0 atom stereocenters. The number of esters is 1. The van der Waals surface area contributed by atoms with E-state index < -0.39 is 11.4 Å². The van der Waals surface area contributed by atoms with E-state index in [9.17, 15) is 14.4 Å². The number of hydrogen-bond donors (Lipinski definition) is 0. The molecule has 0 spiro atoms. The lowest BCUT2D eigenvalue weighted by molar-refractivity contribution is -0.157. The molecule has 3 aromatic rings. The molecule has 0 radical (unpaired) electrons. The van der Waals surface area contributed by atoms with Crippen LogP contribution in [0.1, 0.15) is 31.9 Å². The smallest absolute Gasteiger partial charge is 0.319 e. The molecule has 0 aliphatic rings. The maximum atomic E-state index is 13.3. The van der Waals surface area contributed by atoms with E-state index >= 15 is 0 Å². The first-order valence-electron chi connectivity index (χ1n) is 10.1. The van der Waals surface area contributed by atoms with E-state index in [4.69, 9.17) is 4.74 Å². The van der Waals surface area contributed by atoms with E-state index in [2.05, 4.69) is 4.98 Å². The molecule has 0 amide bonds. The van der Waals surface area contributed by atoms with Crippen LogP contribution in [0.5, 0.6) is 0 Å². The van der Waals surface area contributed by atoms with Gasteiger partial charge in [0.15, 0.2) is 10.9 Å². The predicted octanol–water partition coefficient (Wildman–Crippen LogP) is 4.25. The van der Waals surface area contributed by atoms with Crippen molar-refractivity contribution in [2.24, 2.45) is 5.41 Å². The van der Waals surface area contributed by atoms with Crippen molar-refractivity contribution in [3.05, 3.63) is 63.9 Å². The van der Waals surface area contributed by atoms with Gasteiger partial charge in [-0.05, 0) is 70.0 Å². The van der Waals surface area contributed by atoms with Gasteiger partial charge in [-0.1, -0.05) is 30.0 Å². The fourth-order valence-electron chi connectivity index (χ4n) is 3.04. The maximum absolute atomic E-state index is 13.3. The molecule has 3 rings (SSSR count). The summed E-state index contributed by atoms with van der Waals surface area (Å²) in [7, 11) is 0. The normalized spacial score (nSPS) is 11.5. The molecule has 0 fully saturated rings. The average Bonchev–Trinajstić information content (AvgIpc) is 2.74. The van der Waals surface area contributed by atoms with Crippen molar-refractivity contribution in [3.63, 3.8) is 0 Å². The molecule has 6 nitrogen and oxygen atoms in total. The molecule has 0 aliphatic carbocycles. The summed E-state index contributed by atoms with van der Waals surface area (Å²) in [5, 5.41) is 0.906. The fourth-order valence-corrected chi connectivity index (χ4v) is 4.14.